The zero-order valence-corrected chi connectivity index (χ0v) is 9.09. The number of rotatable bonds is 2. The van der Waals surface area contributed by atoms with Gasteiger partial charge in [0.1, 0.15) is 0 Å². The summed E-state index contributed by atoms with van der Waals surface area (Å²) in [6.07, 6.45) is 6.48. The zero-order chi connectivity index (χ0) is 9.84. The lowest BCUT2D eigenvalue weighted by Gasteiger charge is -2.19. The van der Waals surface area contributed by atoms with E-state index in [-0.39, 0.29) is 6.10 Å². The number of hydrogen-bond acceptors (Lipinski definition) is 1. The Bertz CT molecular complexity index is 182. The van der Waals surface area contributed by atoms with Gasteiger partial charge in [-0.3, -0.25) is 0 Å². The largest absolute Gasteiger partial charge is 0.389 e. The first-order valence-corrected chi connectivity index (χ1v) is 5.50. The molecule has 76 valence electrons. The van der Waals surface area contributed by atoms with Crippen LogP contribution in [0, 0.1) is 11.8 Å². The van der Waals surface area contributed by atoms with Gasteiger partial charge in [0, 0.05) is 0 Å². The van der Waals surface area contributed by atoms with E-state index < -0.39 is 0 Å². The maximum atomic E-state index is 9.61. The molecule has 2 unspecified atom stereocenters. The maximum absolute atomic E-state index is 9.61. The lowest BCUT2D eigenvalue weighted by atomic mass is 9.87. The predicted octanol–water partition coefficient (Wildman–Crippen LogP) is 3.14. The zero-order valence-electron chi connectivity index (χ0n) is 9.09. The minimum absolute atomic E-state index is 0.182. The summed E-state index contributed by atoms with van der Waals surface area (Å²) >= 11 is 0. The van der Waals surface area contributed by atoms with E-state index >= 15 is 0 Å². The van der Waals surface area contributed by atoms with E-state index in [0.717, 1.165) is 6.42 Å². The highest BCUT2D eigenvalue weighted by molar-refractivity contribution is 5.10. The van der Waals surface area contributed by atoms with E-state index in [2.05, 4.69) is 26.8 Å². The van der Waals surface area contributed by atoms with Crippen molar-refractivity contribution in [3.63, 3.8) is 0 Å². The average Bonchev–Trinajstić information content (AvgIpc) is 2.28. The van der Waals surface area contributed by atoms with E-state index in [1.165, 1.54) is 24.8 Å². The van der Waals surface area contributed by atoms with Crippen LogP contribution < -0.4 is 0 Å². The second-order valence-electron chi connectivity index (χ2n) is 4.59. The Kier molecular flexibility index (Phi) is 3.98. The van der Waals surface area contributed by atoms with Gasteiger partial charge < -0.3 is 5.11 Å². The first-order chi connectivity index (χ1) is 6.11. The minimum atomic E-state index is -0.182. The van der Waals surface area contributed by atoms with Crippen LogP contribution in [0.2, 0.25) is 0 Å². The van der Waals surface area contributed by atoms with Crippen molar-refractivity contribution in [3.8, 4) is 0 Å². The van der Waals surface area contributed by atoms with Crippen molar-refractivity contribution in [1.29, 1.82) is 0 Å². The summed E-state index contributed by atoms with van der Waals surface area (Å²) in [6, 6.07) is 0. The first-order valence-electron chi connectivity index (χ1n) is 5.50. The SMILES string of the molecule is CC(C)C(C)C1=CC(O)CCCC1. The van der Waals surface area contributed by atoms with Crippen LogP contribution in [0.3, 0.4) is 0 Å². The Labute approximate surface area is 81.9 Å². The van der Waals surface area contributed by atoms with Crippen molar-refractivity contribution in [1.82, 2.24) is 0 Å². The highest BCUT2D eigenvalue weighted by Crippen LogP contribution is 2.28. The van der Waals surface area contributed by atoms with Crippen molar-refractivity contribution in [2.75, 3.05) is 0 Å². The fourth-order valence-electron chi connectivity index (χ4n) is 1.90. The fourth-order valence-corrected chi connectivity index (χ4v) is 1.90. The molecule has 0 aromatic carbocycles. The molecule has 1 heteroatoms. The van der Waals surface area contributed by atoms with Gasteiger partial charge in [-0.25, -0.2) is 0 Å². The van der Waals surface area contributed by atoms with Crippen molar-refractivity contribution >= 4 is 0 Å². The predicted molar refractivity (Wildman–Crippen MR) is 56.6 cm³/mol. The Morgan fingerprint density at radius 1 is 1.31 bits per heavy atom. The third-order valence-electron chi connectivity index (χ3n) is 3.21. The third-order valence-corrected chi connectivity index (χ3v) is 3.21. The molecular formula is C12H22O. The second-order valence-corrected chi connectivity index (χ2v) is 4.59. The molecule has 2 atom stereocenters. The molecule has 0 heterocycles. The Morgan fingerprint density at radius 2 is 2.00 bits per heavy atom. The highest BCUT2D eigenvalue weighted by atomic mass is 16.3. The van der Waals surface area contributed by atoms with Gasteiger partial charge in [0.05, 0.1) is 6.10 Å². The summed E-state index contributed by atoms with van der Waals surface area (Å²) in [5.41, 5.74) is 1.47. The van der Waals surface area contributed by atoms with Gasteiger partial charge in [0.2, 0.25) is 0 Å². The molecule has 0 fully saturated rings. The standard InChI is InChI=1S/C12H22O/c1-9(2)10(3)11-6-4-5-7-12(13)8-11/h8-10,12-13H,4-7H2,1-3H3. The number of aliphatic hydroxyl groups excluding tert-OH is 1. The Hall–Kier alpha value is -0.300. The molecule has 1 aliphatic rings. The summed E-state index contributed by atoms with van der Waals surface area (Å²) in [5, 5.41) is 9.61. The van der Waals surface area contributed by atoms with Crippen molar-refractivity contribution in [2.24, 2.45) is 11.8 Å². The molecule has 1 N–H and O–H groups in total. The molecule has 1 nitrogen and oxygen atoms in total. The fraction of sp³-hybridized carbons (Fsp3) is 0.833. The normalized spacial score (nSPS) is 26.8. The topological polar surface area (TPSA) is 20.2 Å². The molecule has 0 bridgehead atoms. The third kappa shape index (κ3) is 3.15. The molecule has 1 rings (SSSR count). The molecule has 0 spiro atoms. The number of aliphatic hydroxyl groups is 1. The smallest absolute Gasteiger partial charge is 0.0723 e. The molecule has 13 heavy (non-hydrogen) atoms. The maximum Gasteiger partial charge on any atom is 0.0723 e. The van der Waals surface area contributed by atoms with E-state index in [1.807, 2.05) is 0 Å². The van der Waals surface area contributed by atoms with E-state index in [0.29, 0.717) is 11.8 Å². The summed E-state index contributed by atoms with van der Waals surface area (Å²) < 4.78 is 0. The van der Waals surface area contributed by atoms with E-state index in [9.17, 15) is 5.11 Å². The molecule has 0 amide bonds. The van der Waals surface area contributed by atoms with Crippen molar-refractivity contribution in [3.05, 3.63) is 11.6 Å². The number of hydrogen-bond donors (Lipinski definition) is 1. The molecule has 0 saturated carbocycles. The van der Waals surface area contributed by atoms with Gasteiger partial charge in [-0.05, 0) is 31.1 Å². The first kappa shape index (κ1) is 10.8. The molecule has 0 aliphatic heterocycles. The lowest BCUT2D eigenvalue weighted by molar-refractivity contribution is 0.210. The molecular weight excluding hydrogens is 160 g/mol. The molecule has 1 aliphatic carbocycles. The van der Waals surface area contributed by atoms with Crippen LogP contribution in [0.4, 0.5) is 0 Å². The number of allylic oxidation sites excluding steroid dienone is 1. The van der Waals surface area contributed by atoms with Crippen LogP contribution >= 0.6 is 0 Å². The van der Waals surface area contributed by atoms with Crippen molar-refractivity contribution in [2.45, 2.75) is 52.6 Å². The van der Waals surface area contributed by atoms with Gasteiger partial charge in [0.25, 0.3) is 0 Å². The van der Waals surface area contributed by atoms with Gasteiger partial charge >= 0.3 is 0 Å². The minimum Gasteiger partial charge on any atom is -0.389 e. The molecule has 0 aromatic heterocycles. The Balaban J connectivity index is 2.64. The van der Waals surface area contributed by atoms with Crippen LogP contribution in [0.1, 0.15) is 46.5 Å². The highest BCUT2D eigenvalue weighted by Gasteiger charge is 2.16. The van der Waals surface area contributed by atoms with Gasteiger partial charge in [-0.15, -0.1) is 0 Å². The summed E-state index contributed by atoms with van der Waals surface area (Å²) in [6.45, 7) is 6.78. The van der Waals surface area contributed by atoms with E-state index in [1.54, 1.807) is 0 Å². The van der Waals surface area contributed by atoms with Crippen LogP contribution in [0.5, 0.6) is 0 Å². The molecule has 0 radical (unpaired) electrons. The van der Waals surface area contributed by atoms with Crippen LogP contribution in [-0.4, -0.2) is 11.2 Å². The summed E-state index contributed by atoms with van der Waals surface area (Å²) in [4.78, 5) is 0. The van der Waals surface area contributed by atoms with Crippen molar-refractivity contribution < 1.29 is 5.11 Å². The monoisotopic (exact) mass is 182 g/mol. The van der Waals surface area contributed by atoms with Gasteiger partial charge in [0.15, 0.2) is 0 Å². The molecule has 0 saturated heterocycles. The summed E-state index contributed by atoms with van der Waals surface area (Å²) in [5.74, 6) is 1.32. The van der Waals surface area contributed by atoms with Crippen LogP contribution in [0.25, 0.3) is 0 Å². The van der Waals surface area contributed by atoms with Crippen LogP contribution in [-0.2, 0) is 0 Å². The average molecular weight is 182 g/mol. The summed E-state index contributed by atoms with van der Waals surface area (Å²) in [7, 11) is 0. The van der Waals surface area contributed by atoms with E-state index in [4.69, 9.17) is 0 Å². The quantitative estimate of drug-likeness (QED) is 0.650. The van der Waals surface area contributed by atoms with Gasteiger partial charge in [-0.2, -0.15) is 0 Å². The second kappa shape index (κ2) is 4.80. The van der Waals surface area contributed by atoms with Crippen LogP contribution in [0.15, 0.2) is 11.6 Å². The molecule has 0 aromatic rings. The Morgan fingerprint density at radius 3 is 2.62 bits per heavy atom. The lowest BCUT2D eigenvalue weighted by Crippen LogP contribution is -2.09. The van der Waals surface area contributed by atoms with Gasteiger partial charge in [-0.1, -0.05) is 38.8 Å².